The van der Waals surface area contributed by atoms with Crippen molar-refractivity contribution in [3.05, 3.63) is 16.5 Å². The number of hydrogen-bond acceptors (Lipinski definition) is 5. The van der Waals surface area contributed by atoms with E-state index in [9.17, 15) is 18.0 Å². The molecule has 1 aromatic heterocycles. The van der Waals surface area contributed by atoms with Crippen molar-refractivity contribution in [2.45, 2.75) is 26.2 Å². The highest BCUT2D eigenvalue weighted by Gasteiger charge is 2.30. The Morgan fingerprint density at radius 2 is 2.04 bits per heavy atom. The molecule has 1 heterocycles. The molecule has 1 aliphatic carbocycles. The monoisotopic (exact) mass is 393 g/mol. The minimum absolute atomic E-state index is 0.00906. The summed E-state index contributed by atoms with van der Waals surface area (Å²) in [7, 11) is -3.42. The van der Waals surface area contributed by atoms with E-state index in [1.165, 1.54) is 11.3 Å². The van der Waals surface area contributed by atoms with E-state index >= 15 is 0 Å². The lowest BCUT2D eigenvalue weighted by atomic mass is 10.2. The molecule has 0 spiro atoms. The van der Waals surface area contributed by atoms with Crippen molar-refractivity contribution < 1.29 is 18.0 Å². The van der Waals surface area contributed by atoms with E-state index in [4.69, 9.17) is 11.6 Å². The van der Waals surface area contributed by atoms with Crippen LogP contribution in [-0.4, -0.2) is 38.5 Å². The Kier molecular flexibility index (Phi) is 6.62. The Labute approximate surface area is 150 Å². The summed E-state index contributed by atoms with van der Waals surface area (Å²) in [6.45, 7) is 2.36. The zero-order valence-corrected chi connectivity index (χ0v) is 15.6. The maximum absolute atomic E-state index is 12.2. The van der Waals surface area contributed by atoms with Crippen LogP contribution < -0.4 is 15.4 Å². The first-order valence-electron chi connectivity index (χ1n) is 7.55. The molecule has 1 aromatic rings. The number of nitrogens with one attached hydrogen (secondary N) is 3. The van der Waals surface area contributed by atoms with Crippen LogP contribution in [0.25, 0.3) is 0 Å². The van der Waals surface area contributed by atoms with Crippen LogP contribution in [0.3, 0.4) is 0 Å². The number of anilines is 1. The molecule has 0 aliphatic heterocycles. The molecule has 2 rings (SSSR count). The molecule has 134 valence electrons. The third kappa shape index (κ3) is 5.73. The molecule has 1 fully saturated rings. The largest absolute Gasteiger partial charge is 0.351 e. The van der Waals surface area contributed by atoms with Gasteiger partial charge < -0.3 is 10.6 Å². The van der Waals surface area contributed by atoms with E-state index in [0.29, 0.717) is 22.8 Å². The molecule has 0 atom stereocenters. The number of sulfonamides is 1. The van der Waals surface area contributed by atoms with Gasteiger partial charge in [0.05, 0.1) is 9.88 Å². The minimum Gasteiger partial charge on any atom is -0.351 e. The fraction of sp³-hybridized carbons (Fsp3) is 0.571. The fourth-order valence-corrected chi connectivity index (χ4v) is 3.73. The van der Waals surface area contributed by atoms with E-state index in [0.717, 1.165) is 18.4 Å². The van der Waals surface area contributed by atoms with Crippen molar-refractivity contribution in [3.63, 3.8) is 0 Å². The summed E-state index contributed by atoms with van der Waals surface area (Å²) in [5, 5.41) is 5.75. The molecule has 0 unspecified atom stereocenters. The van der Waals surface area contributed by atoms with Gasteiger partial charge in [0, 0.05) is 19.0 Å². The number of rotatable bonds is 9. The van der Waals surface area contributed by atoms with Crippen LogP contribution in [-0.2, 0) is 14.8 Å². The number of amides is 2. The van der Waals surface area contributed by atoms with Crippen LogP contribution in [0.15, 0.2) is 6.07 Å². The van der Waals surface area contributed by atoms with E-state index in [2.05, 4.69) is 15.4 Å². The zero-order chi connectivity index (χ0) is 17.7. The highest BCUT2D eigenvalue weighted by Crippen LogP contribution is 2.32. The quantitative estimate of drug-likeness (QED) is 0.438. The predicted octanol–water partition coefficient (Wildman–Crippen LogP) is 1.64. The molecule has 7 nitrogen and oxygen atoms in total. The smallest absolute Gasteiger partial charge is 0.261 e. The molecule has 1 aliphatic rings. The van der Waals surface area contributed by atoms with Gasteiger partial charge in [-0.1, -0.05) is 0 Å². The van der Waals surface area contributed by atoms with Crippen LogP contribution >= 0.6 is 22.9 Å². The summed E-state index contributed by atoms with van der Waals surface area (Å²) < 4.78 is 24.6. The number of hydrogen-bond donors (Lipinski definition) is 3. The van der Waals surface area contributed by atoms with E-state index in [-0.39, 0.29) is 24.3 Å². The van der Waals surface area contributed by atoms with Gasteiger partial charge >= 0.3 is 0 Å². The van der Waals surface area contributed by atoms with Gasteiger partial charge in [-0.2, -0.15) is 0 Å². The van der Waals surface area contributed by atoms with Crippen molar-refractivity contribution in [1.82, 2.24) is 10.0 Å². The van der Waals surface area contributed by atoms with Crippen molar-refractivity contribution in [3.8, 4) is 0 Å². The maximum Gasteiger partial charge on any atom is 0.261 e. The van der Waals surface area contributed by atoms with E-state index in [1.54, 1.807) is 6.07 Å². The first-order chi connectivity index (χ1) is 11.3. The van der Waals surface area contributed by atoms with Gasteiger partial charge in [-0.05, 0) is 37.8 Å². The summed E-state index contributed by atoms with van der Waals surface area (Å²) in [4.78, 5) is 24.4. The summed E-state index contributed by atoms with van der Waals surface area (Å²) in [5.41, 5.74) is 0.798. The van der Waals surface area contributed by atoms with E-state index in [1.807, 2.05) is 6.92 Å². The average Bonchev–Trinajstić information content (AvgIpc) is 3.31. The van der Waals surface area contributed by atoms with Gasteiger partial charge in [0.15, 0.2) is 0 Å². The van der Waals surface area contributed by atoms with Gasteiger partial charge in [-0.3, -0.25) is 9.59 Å². The minimum atomic E-state index is -3.42. The fourth-order valence-electron chi connectivity index (χ4n) is 1.97. The highest BCUT2D eigenvalue weighted by atomic mass is 35.5. The highest BCUT2D eigenvalue weighted by molar-refractivity contribution is 7.90. The van der Waals surface area contributed by atoms with Crippen LogP contribution in [0.1, 0.15) is 34.5 Å². The molecule has 3 N–H and O–H groups in total. The molecule has 0 aromatic carbocycles. The number of aryl methyl sites for hydroxylation is 1. The molecule has 1 saturated carbocycles. The van der Waals surface area contributed by atoms with Crippen LogP contribution in [0.4, 0.5) is 5.00 Å². The molecule has 2 amide bonds. The average molecular weight is 394 g/mol. The van der Waals surface area contributed by atoms with Crippen molar-refractivity contribution >= 4 is 49.8 Å². The third-order valence-corrected chi connectivity index (χ3v) is 6.37. The Morgan fingerprint density at radius 3 is 2.67 bits per heavy atom. The summed E-state index contributed by atoms with van der Waals surface area (Å²) >= 11 is 6.51. The molecule has 0 saturated heterocycles. The summed E-state index contributed by atoms with van der Waals surface area (Å²) in [5.74, 6) is -0.110. The van der Waals surface area contributed by atoms with Gasteiger partial charge in [0.2, 0.25) is 15.9 Å². The first kappa shape index (κ1) is 19.2. The van der Waals surface area contributed by atoms with Gasteiger partial charge in [-0.25, -0.2) is 13.1 Å². The second-order valence-corrected chi connectivity index (χ2v) is 9.06. The summed E-state index contributed by atoms with van der Waals surface area (Å²) in [6.07, 6.45) is 2.31. The lowest BCUT2D eigenvalue weighted by Gasteiger charge is -2.05. The Morgan fingerprint density at radius 1 is 1.33 bits per heavy atom. The van der Waals surface area contributed by atoms with Crippen LogP contribution in [0.2, 0.25) is 0 Å². The first-order valence-corrected chi connectivity index (χ1v) is 10.6. The van der Waals surface area contributed by atoms with Crippen molar-refractivity contribution in [1.29, 1.82) is 0 Å². The standard InChI is InChI=1S/C14H20ClN3O4S2/c1-9-7-11(18-13(19)10-3-4-10)23-12(9)14(20)16-5-2-6-17-24(21,22)8-15/h7,10,17H,2-6,8H2,1H3,(H,16,20)(H,18,19). The van der Waals surface area contributed by atoms with Crippen LogP contribution in [0, 0.1) is 12.8 Å². The Bertz CT molecular complexity index is 714. The van der Waals surface area contributed by atoms with E-state index < -0.39 is 15.2 Å². The topological polar surface area (TPSA) is 104 Å². The van der Waals surface area contributed by atoms with Crippen LogP contribution in [0.5, 0.6) is 0 Å². The molecule has 24 heavy (non-hydrogen) atoms. The third-order valence-electron chi connectivity index (χ3n) is 3.42. The number of carbonyl (C=O) groups excluding carboxylic acids is 2. The normalized spacial score (nSPS) is 14.4. The predicted molar refractivity (Wildman–Crippen MR) is 95.0 cm³/mol. The maximum atomic E-state index is 12.2. The number of alkyl halides is 1. The number of halogens is 1. The molecular weight excluding hydrogens is 374 g/mol. The molecule has 0 bridgehead atoms. The lowest BCUT2D eigenvalue weighted by Crippen LogP contribution is -2.30. The Hall–Kier alpha value is -1.16. The molecule has 0 radical (unpaired) electrons. The SMILES string of the molecule is Cc1cc(NC(=O)C2CC2)sc1C(=O)NCCCNS(=O)(=O)CCl. The lowest BCUT2D eigenvalue weighted by molar-refractivity contribution is -0.117. The van der Waals surface area contributed by atoms with Gasteiger partial charge in [0.1, 0.15) is 5.21 Å². The second kappa shape index (κ2) is 8.28. The van der Waals surface area contributed by atoms with Gasteiger partial charge in [0.25, 0.3) is 5.91 Å². The summed E-state index contributed by atoms with van der Waals surface area (Å²) in [6, 6.07) is 1.79. The number of carbonyl (C=O) groups is 2. The molecular formula is C14H20ClN3O4S2. The molecule has 10 heteroatoms. The van der Waals surface area contributed by atoms with Gasteiger partial charge in [-0.15, -0.1) is 22.9 Å². The second-order valence-electron chi connectivity index (χ2n) is 5.61. The Balaban J connectivity index is 1.77. The number of thiophene rings is 1. The zero-order valence-electron chi connectivity index (χ0n) is 13.2. The van der Waals surface area contributed by atoms with Crippen molar-refractivity contribution in [2.75, 3.05) is 23.6 Å². The van der Waals surface area contributed by atoms with Crippen molar-refractivity contribution in [2.24, 2.45) is 5.92 Å².